The normalized spacial score (nSPS) is 18.2. The second kappa shape index (κ2) is 9.31. The van der Waals surface area contributed by atoms with Gasteiger partial charge in [0.25, 0.3) is 5.69 Å². The average molecular weight is 380 g/mol. The van der Waals surface area contributed by atoms with E-state index in [2.05, 4.69) is 29.3 Å². The zero-order valence-electron chi connectivity index (χ0n) is 15.9. The number of nitro benzene ring substituents is 1. The number of anilines is 1. The van der Waals surface area contributed by atoms with Crippen molar-refractivity contribution in [1.82, 2.24) is 4.90 Å². The monoisotopic (exact) mass is 380 g/mol. The maximum absolute atomic E-state index is 10.9. The number of nitriles is 1. The average Bonchev–Trinajstić information content (AvgIpc) is 2.72. The molecule has 1 heterocycles. The van der Waals surface area contributed by atoms with Gasteiger partial charge in [0.1, 0.15) is 6.07 Å². The summed E-state index contributed by atoms with van der Waals surface area (Å²) in [4.78, 5) is 12.8. The van der Waals surface area contributed by atoms with Crippen LogP contribution >= 0.6 is 0 Å². The Kier molecular flexibility index (Phi) is 6.58. The van der Waals surface area contributed by atoms with Gasteiger partial charge in [-0.15, -0.1) is 0 Å². The van der Waals surface area contributed by atoms with Gasteiger partial charge < -0.3 is 10.1 Å². The fourth-order valence-corrected chi connectivity index (χ4v) is 3.48. The Balaban J connectivity index is 1.69. The third-order valence-electron chi connectivity index (χ3n) is 4.99. The number of non-ortho nitro benzene ring substituents is 1. The minimum atomic E-state index is -0.492. The maximum Gasteiger partial charge on any atom is 0.270 e. The van der Waals surface area contributed by atoms with Gasteiger partial charge in [-0.25, -0.2) is 0 Å². The zero-order valence-corrected chi connectivity index (χ0v) is 15.9. The Bertz CT molecular complexity index is 850. The van der Waals surface area contributed by atoms with Crippen molar-refractivity contribution >= 4 is 11.4 Å². The Morgan fingerprint density at radius 2 is 2.14 bits per heavy atom. The molecule has 7 nitrogen and oxygen atoms in total. The molecule has 0 radical (unpaired) electrons. The van der Waals surface area contributed by atoms with Crippen LogP contribution in [0, 0.1) is 21.4 Å². The van der Waals surface area contributed by atoms with E-state index in [1.54, 1.807) is 6.07 Å². The van der Waals surface area contributed by atoms with Crippen molar-refractivity contribution in [3.8, 4) is 6.07 Å². The highest BCUT2D eigenvalue weighted by atomic mass is 16.6. The predicted molar refractivity (Wildman–Crippen MR) is 107 cm³/mol. The number of nitrogens with one attached hydrogen (secondary N) is 1. The lowest BCUT2D eigenvalue weighted by atomic mass is 10.0. The fourth-order valence-electron chi connectivity index (χ4n) is 3.48. The van der Waals surface area contributed by atoms with Crippen molar-refractivity contribution in [1.29, 1.82) is 5.26 Å². The van der Waals surface area contributed by atoms with Crippen LogP contribution < -0.4 is 5.32 Å². The number of benzene rings is 2. The van der Waals surface area contributed by atoms with Crippen LogP contribution in [0.3, 0.4) is 0 Å². The number of hydrogen-bond acceptors (Lipinski definition) is 6. The number of nitro groups is 1. The van der Waals surface area contributed by atoms with E-state index in [0.717, 1.165) is 26.1 Å². The lowest BCUT2D eigenvalue weighted by Crippen LogP contribution is -2.49. The third kappa shape index (κ3) is 4.85. The quantitative estimate of drug-likeness (QED) is 0.583. The van der Waals surface area contributed by atoms with Crippen molar-refractivity contribution in [3.63, 3.8) is 0 Å². The van der Waals surface area contributed by atoms with Crippen LogP contribution in [0.15, 0.2) is 48.5 Å². The number of morpholine rings is 1. The molecule has 0 spiro atoms. The summed E-state index contributed by atoms with van der Waals surface area (Å²) in [6.07, 6.45) is 0.787. The molecule has 3 rings (SSSR count). The molecule has 7 heteroatoms. The van der Waals surface area contributed by atoms with Gasteiger partial charge in [0.05, 0.1) is 34.9 Å². The molecule has 1 saturated heterocycles. The largest absolute Gasteiger partial charge is 0.379 e. The van der Waals surface area contributed by atoms with E-state index >= 15 is 0 Å². The van der Waals surface area contributed by atoms with Gasteiger partial charge in [-0.1, -0.05) is 37.3 Å². The first-order chi connectivity index (χ1) is 13.6. The van der Waals surface area contributed by atoms with E-state index in [-0.39, 0.29) is 23.4 Å². The van der Waals surface area contributed by atoms with Crippen LogP contribution in [0.4, 0.5) is 11.4 Å². The van der Waals surface area contributed by atoms with Crippen molar-refractivity contribution in [2.75, 3.05) is 25.0 Å². The molecule has 0 saturated carbocycles. The van der Waals surface area contributed by atoms with Crippen molar-refractivity contribution in [3.05, 3.63) is 69.8 Å². The van der Waals surface area contributed by atoms with Crippen molar-refractivity contribution < 1.29 is 9.66 Å². The number of rotatable bonds is 7. The zero-order chi connectivity index (χ0) is 19.9. The molecule has 2 atom stereocenters. The van der Waals surface area contributed by atoms with E-state index in [1.165, 1.54) is 17.7 Å². The molecule has 2 aromatic rings. The summed E-state index contributed by atoms with van der Waals surface area (Å²) in [6, 6.07) is 16.7. The van der Waals surface area contributed by atoms with Crippen LogP contribution in [0.25, 0.3) is 0 Å². The molecular weight excluding hydrogens is 356 g/mol. The molecule has 0 amide bonds. The van der Waals surface area contributed by atoms with Crippen LogP contribution in [0.1, 0.15) is 24.5 Å². The third-order valence-corrected chi connectivity index (χ3v) is 4.99. The lowest BCUT2D eigenvalue weighted by molar-refractivity contribution is -0.384. The van der Waals surface area contributed by atoms with E-state index in [9.17, 15) is 15.4 Å². The molecule has 1 aliphatic heterocycles. The van der Waals surface area contributed by atoms with Crippen molar-refractivity contribution in [2.24, 2.45) is 0 Å². The Morgan fingerprint density at radius 1 is 1.36 bits per heavy atom. The first-order valence-electron chi connectivity index (χ1n) is 9.43. The molecular formula is C21H24N4O3. The van der Waals surface area contributed by atoms with Crippen molar-refractivity contribution in [2.45, 2.75) is 32.0 Å². The molecule has 1 N–H and O–H groups in total. The standard InChI is InChI=1S/C21H24N4O3/c1-2-19(23-20-9-8-18(25(26)27)12-17(20)13-22)21-15-24(10-11-28-21)14-16-6-4-3-5-7-16/h3-9,12,19,21,23H,2,10-11,14-15H2,1H3. The fraction of sp³-hybridized carbons (Fsp3) is 0.381. The molecule has 146 valence electrons. The van der Waals surface area contributed by atoms with Gasteiger partial charge in [0.2, 0.25) is 0 Å². The Labute approximate surface area is 164 Å². The van der Waals surface area contributed by atoms with E-state index in [0.29, 0.717) is 12.3 Å². The minimum Gasteiger partial charge on any atom is -0.379 e. The highest BCUT2D eigenvalue weighted by Gasteiger charge is 2.28. The molecule has 0 bridgehead atoms. The molecule has 1 aliphatic rings. The van der Waals surface area contributed by atoms with Gasteiger partial charge in [-0.05, 0) is 18.1 Å². The van der Waals surface area contributed by atoms with Crippen LogP contribution in [0.2, 0.25) is 0 Å². The predicted octanol–water partition coefficient (Wildman–Crippen LogP) is 3.56. The van der Waals surface area contributed by atoms with E-state index in [1.807, 2.05) is 24.3 Å². The molecule has 2 aromatic carbocycles. The SMILES string of the molecule is CCC(Nc1ccc([N+](=O)[O-])cc1C#N)C1CN(Cc2ccccc2)CCO1. The number of nitrogens with zero attached hydrogens (tertiary/aromatic N) is 3. The molecule has 0 aliphatic carbocycles. The summed E-state index contributed by atoms with van der Waals surface area (Å²) in [5.74, 6) is 0. The highest BCUT2D eigenvalue weighted by molar-refractivity contribution is 5.61. The van der Waals surface area contributed by atoms with Gasteiger partial charge >= 0.3 is 0 Å². The topological polar surface area (TPSA) is 91.4 Å². The van der Waals surface area contributed by atoms with E-state index in [4.69, 9.17) is 4.74 Å². The van der Waals surface area contributed by atoms with Crippen LogP contribution in [0.5, 0.6) is 0 Å². The molecule has 0 aromatic heterocycles. The van der Waals surface area contributed by atoms with Crippen LogP contribution in [-0.4, -0.2) is 41.7 Å². The van der Waals surface area contributed by atoms with Crippen LogP contribution in [-0.2, 0) is 11.3 Å². The molecule has 28 heavy (non-hydrogen) atoms. The minimum absolute atomic E-state index is 0.00660. The Morgan fingerprint density at radius 3 is 2.82 bits per heavy atom. The summed E-state index contributed by atoms with van der Waals surface area (Å²) < 4.78 is 6.01. The molecule has 2 unspecified atom stereocenters. The summed E-state index contributed by atoms with van der Waals surface area (Å²) >= 11 is 0. The molecule has 1 fully saturated rings. The second-order valence-electron chi connectivity index (χ2n) is 6.89. The summed E-state index contributed by atoms with van der Waals surface area (Å²) in [5, 5.41) is 23.7. The first-order valence-corrected chi connectivity index (χ1v) is 9.43. The first kappa shape index (κ1) is 19.8. The van der Waals surface area contributed by atoms with Gasteiger partial charge in [-0.3, -0.25) is 15.0 Å². The van der Waals surface area contributed by atoms with Gasteiger partial charge in [-0.2, -0.15) is 5.26 Å². The Hall–Kier alpha value is -2.95. The van der Waals surface area contributed by atoms with Gasteiger partial charge in [0, 0.05) is 31.8 Å². The summed E-state index contributed by atoms with van der Waals surface area (Å²) in [6.45, 7) is 5.26. The van der Waals surface area contributed by atoms with Gasteiger partial charge in [0.15, 0.2) is 0 Å². The summed E-state index contributed by atoms with van der Waals surface area (Å²) in [7, 11) is 0. The smallest absolute Gasteiger partial charge is 0.270 e. The second-order valence-corrected chi connectivity index (χ2v) is 6.89. The number of hydrogen-bond donors (Lipinski definition) is 1. The van der Waals surface area contributed by atoms with E-state index < -0.39 is 4.92 Å². The maximum atomic E-state index is 10.9. The highest BCUT2D eigenvalue weighted by Crippen LogP contribution is 2.24. The lowest BCUT2D eigenvalue weighted by Gasteiger charge is -2.37. The summed E-state index contributed by atoms with van der Waals surface area (Å²) in [5.41, 5.74) is 2.05. The number of ether oxygens (including phenoxy) is 1.